The van der Waals surface area contributed by atoms with Crippen LogP contribution in [0.3, 0.4) is 0 Å². The Balaban J connectivity index is 1.08. The minimum Gasteiger partial charge on any atom is -0.301 e. The van der Waals surface area contributed by atoms with Gasteiger partial charge < -0.3 is 9.80 Å². The molecule has 0 radical (unpaired) electrons. The van der Waals surface area contributed by atoms with Crippen LogP contribution in [0.2, 0.25) is 0 Å². The molecule has 0 aliphatic rings. The molecule has 0 saturated carbocycles. The molecule has 0 unspecified atom stereocenters. The van der Waals surface area contributed by atoms with E-state index in [1.165, 1.54) is 73.2 Å². The third-order valence-electron chi connectivity index (χ3n) is 9.74. The molecule has 10 aromatic rings. The molecule has 0 fully saturated rings. The van der Waals surface area contributed by atoms with E-state index in [0.717, 1.165) is 11.4 Å². The Bertz CT molecular complexity index is 2660. The molecule has 0 atom stereocenters. The van der Waals surface area contributed by atoms with Gasteiger partial charge in [-0.05, 0) is 71.4 Å². The summed E-state index contributed by atoms with van der Waals surface area (Å²) in [6.07, 6.45) is 0. The summed E-state index contributed by atoms with van der Waals surface area (Å²) < 4.78 is 0. The summed E-state index contributed by atoms with van der Waals surface area (Å²) in [5.74, 6) is 0. The van der Waals surface area contributed by atoms with Gasteiger partial charge in [0.1, 0.15) is 10.0 Å². The molecule has 0 spiro atoms. The first-order valence-electron chi connectivity index (χ1n) is 17.7. The maximum Gasteiger partial charge on any atom is 0.101 e. The van der Waals surface area contributed by atoms with Gasteiger partial charge in [-0.15, -0.1) is 34.0 Å². The Morgan fingerprint density at radius 2 is 0.660 bits per heavy atom. The zero-order valence-electron chi connectivity index (χ0n) is 28.6. The van der Waals surface area contributed by atoms with Crippen molar-refractivity contribution in [2.75, 3.05) is 9.80 Å². The number of anilines is 6. The highest BCUT2D eigenvalue weighted by Crippen LogP contribution is 2.52. The normalized spacial score (nSPS) is 11.4. The molecule has 3 heterocycles. The van der Waals surface area contributed by atoms with Crippen molar-refractivity contribution in [3.8, 4) is 19.5 Å². The molecule has 0 aliphatic heterocycles. The fourth-order valence-corrected chi connectivity index (χ4v) is 10.9. The van der Waals surface area contributed by atoms with Crippen LogP contribution in [0.4, 0.5) is 32.8 Å². The summed E-state index contributed by atoms with van der Waals surface area (Å²) in [6, 6.07) is 70.0. The first-order valence-corrected chi connectivity index (χ1v) is 20.1. The number of nitrogens with zero attached hydrogens (tertiary/aromatic N) is 2. The van der Waals surface area contributed by atoms with Crippen molar-refractivity contribution in [3.05, 3.63) is 194 Å². The maximum atomic E-state index is 2.41. The van der Waals surface area contributed by atoms with Crippen molar-refractivity contribution in [2.45, 2.75) is 0 Å². The fourth-order valence-electron chi connectivity index (χ4n) is 7.33. The highest BCUT2D eigenvalue weighted by atomic mass is 32.1. The minimum atomic E-state index is 1.15. The summed E-state index contributed by atoms with van der Waals surface area (Å²) in [5.41, 5.74) is 4.66. The average molecular weight is 733 g/mol. The standard InChI is InChI=1S/C48H32N2S3/c1-3-19-35(20-4-1)49(41-27-13-17-33-15-7-9-23-37(33)41)45-31-29-43(51-45)47-39-25-11-12-26-40(39)48(53-47)44-30-32-46(52-44)50(36-21-5-2-6-22-36)42-28-14-18-34-16-8-10-24-38(34)42/h1-32H. The van der Waals surface area contributed by atoms with Crippen molar-refractivity contribution in [1.29, 1.82) is 0 Å². The number of benzene rings is 7. The summed E-state index contributed by atoms with van der Waals surface area (Å²) in [7, 11) is 0. The smallest absolute Gasteiger partial charge is 0.101 e. The van der Waals surface area contributed by atoms with Gasteiger partial charge in [-0.2, -0.15) is 0 Å². The lowest BCUT2D eigenvalue weighted by atomic mass is 10.1. The van der Waals surface area contributed by atoms with Crippen molar-refractivity contribution < 1.29 is 0 Å². The van der Waals surface area contributed by atoms with Gasteiger partial charge in [0.15, 0.2) is 0 Å². The van der Waals surface area contributed by atoms with Crippen LogP contribution in [0.15, 0.2) is 194 Å². The zero-order valence-corrected chi connectivity index (χ0v) is 31.0. The van der Waals surface area contributed by atoms with Gasteiger partial charge in [0, 0.05) is 42.7 Å². The minimum absolute atomic E-state index is 1.15. The summed E-state index contributed by atoms with van der Waals surface area (Å²) >= 11 is 5.61. The summed E-state index contributed by atoms with van der Waals surface area (Å²) in [6.45, 7) is 0. The van der Waals surface area contributed by atoms with Crippen molar-refractivity contribution in [3.63, 3.8) is 0 Å². The van der Waals surface area contributed by atoms with E-state index in [2.05, 4.69) is 204 Å². The number of rotatable bonds is 8. The van der Waals surface area contributed by atoms with Crippen LogP contribution < -0.4 is 9.80 Å². The monoisotopic (exact) mass is 732 g/mol. The quantitative estimate of drug-likeness (QED) is 0.153. The molecule has 0 aliphatic carbocycles. The maximum absolute atomic E-state index is 2.41. The lowest BCUT2D eigenvalue weighted by molar-refractivity contribution is 1.33. The van der Waals surface area contributed by atoms with E-state index in [-0.39, 0.29) is 0 Å². The van der Waals surface area contributed by atoms with Crippen molar-refractivity contribution in [2.24, 2.45) is 0 Å². The summed E-state index contributed by atoms with van der Waals surface area (Å²) in [4.78, 5) is 9.97. The lowest BCUT2D eigenvalue weighted by Crippen LogP contribution is -2.08. The molecule has 3 aromatic heterocycles. The molecule has 10 rings (SSSR count). The fraction of sp³-hybridized carbons (Fsp3) is 0. The van der Waals surface area contributed by atoms with Crippen LogP contribution in [0.1, 0.15) is 0 Å². The van der Waals surface area contributed by atoms with Crippen LogP contribution in [0.25, 0.3) is 51.8 Å². The number of hydrogen-bond donors (Lipinski definition) is 0. The Hall–Kier alpha value is -5.98. The lowest BCUT2D eigenvalue weighted by Gasteiger charge is -2.25. The third-order valence-corrected chi connectivity index (χ3v) is 13.5. The van der Waals surface area contributed by atoms with Gasteiger partial charge in [0.2, 0.25) is 0 Å². The van der Waals surface area contributed by atoms with Crippen LogP contribution in [-0.2, 0) is 0 Å². The molecule has 5 heteroatoms. The van der Waals surface area contributed by atoms with E-state index in [1.807, 2.05) is 34.0 Å². The van der Waals surface area contributed by atoms with Crippen LogP contribution in [0, 0.1) is 0 Å². The molecule has 0 bridgehead atoms. The first kappa shape index (κ1) is 31.7. The third kappa shape index (κ3) is 5.71. The molecule has 0 amide bonds. The van der Waals surface area contributed by atoms with E-state index in [0.29, 0.717) is 0 Å². The Kier molecular flexibility index (Phi) is 8.10. The van der Waals surface area contributed by atoms with Crippen LogP contribution >= 0.6 is 34.0 Å². The highest BCUT2D eigenvalue weighted by molar-refractivity contribution is 7.29. The second kappa shape index (κ2) is 13.5. The Morgan fingerprint density at radius 3 is 1.11 bits per heavy atom. The highest BCUT2D eigenvalue weighted by Gasteiger charge is 2.22. The van der Waals surface area contributed by atoms with Gasteiger partial charge in [-0.1, -0.05) is 133 Å². The van der Waals surface area contributed by atoms with Gasteiger partial charge in [0.05, 0.1) is 21.1 Å². The average Bonchev–Trinajstić information content (AvgIpc) is 3.99. The molecule has 0 saturated heterocycles. The zero-order chi connectivity index (χ0) is 35.1. The SMILES string of the molecule is c1ccc(N(c2ccc(-c3sc(-c4ccc(N(c5ccccc5)c5cccc6ccccc56)s4)c4ccccc34)s2)c2cccc3ccccc23)cc1. The van der Waals surface area contributed by atoms with Gasteiger partial charge in [0.25, 0.3) is 0 Å². The number of fused-ring (bicyclic) bond motifs is 3. The first-order chi connectivity index (χ1) is 26.3. The number of hydrogen-bond acceptors (Lipinski definition) is 5. The Labute approximate surface area is 320 Å². The molecule has 53 heavy (non-hydrogen) atoms. The predicted molar refractivity (Wildman–Crippen MR) is 233 cm³/mol. The molecular formula is C48H32N2S3. The Morgan fingerprint density at radius 1 is 0.283 bits per heavy atom. The summed E-state index contributed by atoms with van der Waals surface area (Å²) in [5, 5.41) is 9.90. The predicted octanol–water partition coefficient (Wildman–Crippen LogP) is 15.6. The van der Waals surface area contributed by atoms with E-state index in [9.17, 15) is 0 Å². The van der Waals surface area contributed by atoms with E-state index in [1.54, 1.807) is 0 Å². The largest absolute Gasteiger partial charge is 0.301 e. The molecule has 2 nitrogen and oxygen atoms in total. The number of para-hydroxylation sites is 2. The topological polar surface area (TPSA) is 6.48 Å². The molecule has 0 N–H and O–H groups in total. The second-order valence-electron chi connectivity index (χ2n) is 12.9. The van der Waals surface area contributed by atoms with Gasteiger partial charge >= 0.3 is 0 Å². The van der Waals surface area contributed by atoms with Gasteiger partial charge in [-0.25, -0.2) is 0 Å². The van der Waals surface area contributed by atoms with E-state index in [4.69, 9.17) is 0 Å². The molecule has 252 valence electrons. The number of thiophene rings is 3. The van der Waals surface area contributed by atoms with Crippen molar-refractivity contribution >= 4 is 99.1 Å². The van der Waals surface area contributed by atoms with E-state index >= 15 is 0 Å². The van der Waals surface area contributed by atoms with Crippen LogP contribution in [0.5, 0.6) is 0 Å². The van der Waals surface area contributed by atoms with E-state index < -0.39 is 0 Å². The molecular weight excluding hydrogens is 701 g/mol. The van der Waals surface area contributed by atoms with Gasteiger partial charge in [-0.3, -0.25) is 0 Å². The van der Waals surface area contributed by atoms with Crippen molar-refractivity contribution in [1.82, 2.24) is 0 Å². The van der Waals surface area contributed by atoms with Crippen LogP contribution in [-0.4, -0.2) is 0 Å². The molecule has 7 aromatic carbocycles. The second-order valence-corrected chi connectivity index (χ2v) is 16.1.